The van der Waals surface area contributed by atoms with Gasteiger partial charge in [0.05, 0.1) is 17.7 Å². The maximum atomic E-state index is 12.3. The molecule has 1 aromatic heterocycles. The summed E-state index contributed by atoms with van der Waals surface area (Å²) >= 11 is 1.45. The molecule has 0 spiro atoms. The van der Waals surface area contributed by atoms with Crippen molar-refractivity contribution in [3.8, 4) is 0 Å². The van der Waals surface area contributed by atoms with E-state index in [2.05, 4.69) is 10.3 Å². The van der Waals surface area contributed by atoms with Crippen LogP contribution in [0.1, 0.15) is 17.7 Å². The average Bonchev–Trinajstić information content (AvgIpc) is 3.10. The Morgan fingerprint density at radius 3 is 2.76 bits per heavy atom. The molecule has 3 rings (SSSR count). The van der Waals surface area contributed by atoms with E-state index in [1.165, 1.54) is 16.2 Å². The molecule has 1 aromatic carbocycles. The summed E-state index contributed by atoms with van der Waals surface area (Å²) in [6, 6.07) is 9.18. The highest BCUT2D eigenvalue weighted by Gasteiger charge is 2.37. The third-order valence-corrected chi connectivity index (χ3v) is 4.11. The monoisotopic (exact) mass is 301 g/mol. The predicted octanol–water partition coefficient (Wildman–Crippen LogP) is 2.20. The number of carbonyl (C=O) groups is 2. The molecule has 2 aromatic rings. The van der Waals surface area contributed by atoms with Crippen LogP contribution in [0.4, 0.5) is 4.79 Å². The maximum absolute atomic E-state index is 12.3. The van der Waals surface area contributed by atoms with Crippen LogP contribution >= 0.6 is 11.3 Å². The number of aromatic nitrogens is 1. The van der Waals surface area contributed by atoms with Crippen LogP contribution < -0.4 is 5.32 Å². The number of hydrogen-bond donors (Lipinski definition) is 1. The number of aryl methyl sites for hydroxylation is 1. The molecule has 1 aliphatic heterocycles. The van der Waals surface area contributed by atoms with E-state index in [4.69, 9.17) is 0 Å². The summed E-state index contributed by atoms with van der Waals surface area (Å²) in [6.45, 7) is 0.246. The van der Waals surface area contributed by atoms with Gasteiger partial charge in [-0.3, -0.25) is 9.69 Å². The third kappa shape index (κ3) is 3.11. The van der Waals surface area contributed by atoms with E-state index in [9.17, 15) is 9.59 Å². The fourth-order valence-electron chi connectivity index (χ4n) is 2.36. The van der Waals surface area contributed by atoms with E-state index in [0.29, 0.717) is 6.42 Å². The quantitative estimate of drug-likeness (QED) is 0.861. The molecule has 0 unspecified atom stereocenters. The van der Waals surface area contributed by atoms with Crippen molar-refractivity contribution in [1.29, 1.82) is 0 Å². The maximum Gasteiger partial charge on any atom is 0.325 e. The van der Waals surface area contributed by atoms with Crippen molar-refractivity contribution in [3.05, 3.63) is 52.5 Å². The Balaban J connectivity index is 1.61. The molecule has 6 heteroatoms. The summed E-state index contributed by atoms with van der Waals surface area (Å²) in [5.41, 5.74) is 3.60. The summed E-state index contributed by atoms with van der Waals surface area (Å²) < 4.78 is 0. The second-order valence-electron chi connectivity index (χ2n) is 4.93. The molecule has 0 aliphatic carbocycles. The lowest BCUT2D eigenvalue weighted by Crippen LogP contribution is -2.31. The van der Waals surface area contributed by atoms with Gasteiger partial charge in [-0.2, -0.15) is 0 Å². The van der Waals surface area contributed by atoms with Crippen LogP contribution in [0.5, 0.6) is 0 Å². The number of rotatable bonds is 5. The Morgan fingerprint density at radius 1 is 1.24 bits per heavy atom. The number of carbonyl (C=O) groups excluding carboxylic acids is 2. The van der Waals surface area contributed by atoms with Gasteiger partial charge in [0.2, 0.25) is 0 Å². The van der Waals surface area contributed by atoms with Crippen molar-refractivity contribution in [1.82, 2.24) is 15.2 Å². The smallest absolute Gasteiger partial charge is 0.325 e. The Labute approximate surface area is 126 Å². The molecule has 0 radical (unpaired) electrons. The molecule has 1 aliphatic rings. The van der Waals surface area contributed by atoms with Gasteiger partial charge in [0.25, 0.3) is 5.91 Å². The number of imide groups is 1. The minimum absolute atomic E-state index is 0.163. The second-order valence-corrected chi connectivity index (χ2v) is 5.65. The summed E-state index contributed by atoms with van der Waals surface area (Å²) in [6.07, 6.45) is 1.38. The standard InChI is InChI=1S/C15H15N3O2S/c19-14-13(7-6-11-4-2-1-3-5-11)17-15(20)18(14)8-12-9-21-10-16-12/h1-5,9-10,13H,6-8H2,(H,17,20)/t13-/m1/s1. The van der Waals surface area contributed by atoms with Gasteiger partial charge < -0.3 is 5.32 Å². The highest BCUT2D eigenvalue weighted by atomic mass is 32.1. The van der Waals surface area contributed by atoms with E-state index < -0.39 is 6.04 Å². The summed E-state index contributed by atoms with van der Waals surface area (Å²) in [7, 11) is 0. The van der Waals surface area contributed by atoms with Gasteiger partial charge in [-0.1, -0.05) is 30.3 Å². The zero-order valence-corrected chi connectivity index (χ0v) is 12.2. The second kappa shape index (κ2) is 6.05. The molecule has 0 saturated carbocycles. The molecule has 5 nitrogen and oxygen atoms in total. The summed E-state index contributed by atoms with van der Waals surface area (Å²) in [4.78, 5) is 29.5. The third-order valence-electron chi connectivity index (χ3n) is 3.48. The summed E-state index contributed by atoms with van der Waals surface area (Å²) in [5.74, 6) is -0.163. The van der Waals surface area contributed by atoms with Crippen LogP contribution in [0.3, 0.4) is 0 Å². The number of benzene rings is 1. The van der Waals surface area contributed by atoms with E-state index in [1.54, 1.807) is 5.51 Å². The number of hydrogen-bond acceptors (Lipinski definition) is 4. The normalized spacial score (nSPS) is 18.1. The van der Waals surface area contributed by atoms with Gasteiger partial charge in [-0.05, 0) is 18.4 Å². The Hall–Kier alpha value is -2.21. The first kappa shape index (κ1) is 13.8. The highest BCUT2D eigenvalue weighted by Crippen LogP contribution is 2.16. The van der Waals surface area contributed by atoms with Gasteiger partial charge in [0, 0.05) is 5.38 Å². The van der Waals surface area contributed by atoms with Crippen molar-refractivity contribution in [2.24, 2.45) is 0 Å². The number of urea groups is 1. The van der Waals surface area contributed by atoms with Gasteiger partial charge in [0.15, 0.2) is 0 Å². The first-order chi connectivity index (χ1) is 10.2. The lowest BCUT2D eigenvalue weighted by molar-refractivity contribution is -0.128. The van der Waals surface area contributed by atoms with Crippen molar-refractivity contribution in [3.63, 3.8) is 0 Å². The number of nitrogens with one attached hydrogen (secondary N) is 1. The summed E-state index contributed by atoms with van der Waals surface area (Å²) in [5, 5.41) is 4.59. The number of thiazole rings is 1. The van der Waals surface area contributed by atoms with Crippen molar-refractivity contribution >= 4 is 23.3 Å². The Morgan fingerprint density at radius 2 is 2.05 bits per heavy atom. The first-order valence-electron chi connectivity index (χ1n) is 6.77. The fraction of sp³-hybridized carbons (Fsp3) is 0.267. The lowest BCUT2D eigenvalue weighted by Gasteiger charge is -2.11. The van der Waals surface area contributed by atoms with E-state index in [-0.39, 0.29) is 18.5 Å². The van der Waals surface area contributed by atoms with Crippen LogP contribution in [0.25, 0.3) is 0 Å². The van der Waals surface area contributed by atoms with Gasteiger partial charge in [-0.15, -0.1) is 11.3 Å². The average molecular weight is 301 g/mol. The molecular formula is C15H15N3O2S. The molecule has 1 saturated heterocycles. The lowest BCUT2D eigenvalue weighted by atomic mass is 10.1. The van der Waals surface area contributed by atoms with Crippen molar-refractivity contribution in [2.75, 3.05) is 0 Å². The van der Waals surface area contributed by atoms with Crippen molar-refractivity contribution < 1.29 is 9.59 Å². The van der Waals surface area contributed by atoms with Crippen LogP contribution in [0.2, 0.25) is 0 Å². The molecule has 1 N–H and O–H groups in total. The predicted molar refractivity (Wildman–Crippen MR) is 79.7 cm³/mol. The molecule has 1 fully saturated rings. The molecule has 1 atom stereocenters. The van der Waals surface area contributed by atoms with Crippen LogP contribution in [0.15, 0.2) is 41.2 Å². The fourth-order valence-corrected chi connectivity index (χ4v) is 2.91. The molecule has 2 heterocycles. The molecular weight excluding hydrogens is 286 g/mol. The van der Waals surface area contributed by atoms with Crippen LogP contribution in [-0.4, -0.2) is 27.9 Å². The molecule has 3 amide bonds. The molecule has 21 heavy (non-hydrogen) atoms. The van der Waals surface area contributed by atoms with Gasteiger partial charge >= 0.3 is 6.03 Å². The SMILES string of the molecule is O=C1N[C@H](CCc2ccccc2)C(=O)N1Cc1cscn1. The minimum Gasteiger partial charge on any atom is -0.326 e. The van der Waals surface area contributed by atoms with Crippen LogP contribution in [0, 0.1) is 0 Å². The first-order valence-corrected chi connectivity index (χ1v) is 7.71. The Kier molecular flexibility index (Phi) is 3.96. The minimum atomic E-state index is -0.434. The van der Waals surface area contributed by atoms with Gasteiger partial charge in [-0.25, -0.2) is 9.78 Å². The molecule has 0 bridgehead atoms. The van der Waals surface area contributed by atoms with E-state index >= 15 is 0 Å². The largest absolute Gasteiger partial charge is 0.326 e. The van der Waals surface area contributed by atoms with E-state index in [0.717, 1.165) is 17.7 Å². The zero-order chi connectivity index (χ0) is 14.7. The van der Waals surface area contributed by atoms with Crippen LogP contribution in [-0.2, 0) is 17.8 Å². The highest BCUT2D eigenvalue weighted by molar-refractivity contribution is 7.07. The van der Waals surface area contributed by atoms with Crippen molar-refractivity contribution in [2.45, 2.75) is 25.4 Å². The Bertz CT molecular complexity index is 628. The number of amides is 3. The zero-order valence-electron chi connectivity index (χ0n) is 11.4. The van der Waals surface area contributed by atoms with E-state index in [1.807, 2.05) is 35.7 Å². The molecule has 108 valence electrons. The number of nitrogens with zero attached hydrogens (tertiary/aromatic N) is 2. The van der Waals surface area contributed by atoms with Gasteiger partial charge in [0.1, 0.15) is 6.04 Å². The topological polar surface area (TPSA) is 62.3 Å².